The van der Waals surface area contributed by atoms with Crippen LogP contribution in [-0.2, 0) is 4.79 Å². The number of rotatable bonds is 4. The van der Waals surface area contributed by atoms with Gasteiger partial charge in [0.15, 0.2) is 5.16 Å². The quantitative estimate of drug-likeness (QED) is 0.735. The number of fused-ring (bicyclic) bond motifs is 1. The molecule has 0 saturated carbocycles. The minimum atomic E-state index is -0.864. The number of nitrogens with one attached hydrogen (secondary N) is 2. The number of benzene rings is 1. The Morgan fingerprint density at radius 2 is 2.25 bits per heavy atom. The molecule has 1 aromatic heterocycles. The van der Waals surface area contributed by atoms with E-state index in [1.807, 2.05) is 17.4 Å². The molecule has 3 amide bonds. The molecule has 1 atom stereocenters. The van der Waals surface area contributed by atoms with Gasteiger partial charge in [-0.05, 0) is 19.1 Å². The predicted octanol–water partition coefficient (Wildman–Crippen LogP) is 1.25. The number of imide groups is 1. The lowest BCUT2D eigenvalue weighted by atomic mass is 10.3. The van der Waals surface area contributed by atoms with E-state index in [0.29, 0.717) is 5.16 Å². The van der Waals surface area contributed by atoms with Crippen LogP contribution in [0.4, 0.5) is 4.79 Å². The summed E-state index contributed by atoms with van der Waals surface area (Å²) in [5, 5.41) is 2.12. The smallest absolute Gasteiger partial charge is 0.318 e. The number of H-pyrrole nitrogens is 1. The third-order valence-corrected chi connectivity index (χ3v) is 3.56. The molecule has 0 spiro atoms. The summed E-state index contributed by atoms with van der Waals surface area (Å²) in [6, 6.07) is 4.58. The van der Waals surface area contributed by atoms with Gasteiger partial charge in [-0.25, -0.2) is 9.78 Å². The Balaban J connectivity index is 2.13. The SMILES string of the molecule is COc1ccc2nc(SC(C)C(=O)NC(N)=O)[nH]c2c1. The number of hydrogen-bond acceptors (Lipinski definition) is 5. The number of methoxy groups -OCH3 is 1. The van der Waals surface area contributed by atoms with Crippen LogP contribution < -0.4 is 15.8 Å². The molecule has 106 valence electrons. The summed E-state index contributed by atoms with van der Waals surface area (Å²) in [7, 11) is 1.59. The molecular formula is C12H14N4O3S. The summed E-state index contributed by atoms with van der Waals surface area (Å²) in [4.78, 5) is 29.6. The van der Waals surface area contributed by atoms with Gasteiger partial charge in [-0.15, -0.1) is 0 Å². The standard InChI is InChI=1S/C12H14N4O3S/c1-6(10(17)16-11(13)18)20-12-14-8-4-3-7(19-2)5-9(8)15-12/h3-6H,1-2H3,(H,14,15)(H3,13,16,17,18). The number of nitrogens with zero attached hydrogens (tertiary/aromatic N) is 1. The lowest BCUT2D eigenvalue weighted by molar-refractivity contribution is -0.119. The monoisotopic (exact) mass is 294 g/mol. The topological polar surface area (TPSA) is 110 Å². The highest BCUT2D eigenvalue weighted by Crippen LogP contribution is 2.25. The van der Waals surface area contributed by atoms with Crippen LogP contribution in [0.3, 0.4) is 0 Å². The second-order valence-electron chi connectivity index (χ2n) is 4.04. The number of aromatic nitrogens is 2. The molecule has 2 aromatic rings. The van der Waals surface area contributed by atoms with E-state index in [9.17, 15) is 9.59 Å². The van der Waals surface area contributed by atoms with Crippen molar-refractivity contribution in [2.75, 3.05) is 7.11 Å². The summed E-state index contributed by atoms with van der Waals surface area (Å²) in [6.45, 7) is 1.66. The summed E-state index contributed by atoms with van der Waals surface area (Å²) < 4.78 is 5.12. The number of thioether (sulfide) groups is 1. The van der Waals surface area contributed by atoms with E-state index < -0.39 is 17.2 Å². The molecule has 0 aliphatic rings. The highest BCUT2D eigenvalue weighted by molar-refractivity contribution is 8.00. The van der Waals surface area contributed by atoms with Gasteiger partial charge in [0.05, 0.1) is 23.4 Å². The number of urea groups is 1. The van der Waals surface area contributed by atoms with Crippen LogP contribution in [0.1, 0.15) is 6.92 Å². The van der Waals surface area contributed by atoms with Gasteiger partial charge in [0.25, 0.3) is 0 Å². The van der Waals surface area contributed by atoms with E-state index in [1.54, 1.807) is 20.1 Å². The van der Waals surface area contributed by atoms with Crippen LogP contribution in [-0.4, -0.2) is 34.3 Å². The molecule has 0 fully saturated rings. The van der Waals surface area contributed by atoms with Crippen molar-refractivity contribution in [3.8, 4) is 5.75 Å². The van der Waals surface area contributed by atoms with Crippen LogP contribution in [0.5, 0.6) is 5.75 Å². The van der Waals surface area contributed by atoms with Crippen molar-refractivity contribution in [1.82, 2.24) is 15.3 Å². The van der Waals surface area contributed by atoms with Gasteiger partial charge in [-0.2, -0.15) is 0 Å². The van der Waals surface area contributed by atoms with Crippen LogP contribution in [0, 0.1) is 0 Å². The number of amides is 3. The molecule has 0 bridgehead atoms. The number of hydrogen-bond donors (Lipinski definition) is 3. The molecule has 2 rings (SSSR count). The highest BCUT2D eigenvalue weighted by Gasteiger charge is 2.17. The van der Waals surface area contributed by atoms with Crippen molar-refractivity contribution >= 4 is 34.7 Å². The molecule has 0 radical (unpaired) electrons. The molecule has 7 nitrogen and oxygen atoms in total. The van der Waals surface area contributed by atoms with Crippen molar-refractivity contribution in [2.24, 2.45) is 5.73 Å². The average molecular weight is 294 g/mol. The maximum absolute atomic E-state index is 11.6. The summed E-state index contributed by atoms with van der Waals surface area (Å²) >= 11 is 1.21. The fourth-order valence-electron chi connectivity index (χ4n) is 1.59. The number of aromatic amines is 1. The van der Waals surface area contributed by atoms with E-state index in [2.05, 4.69) is 9.97 Å². The minimum Gasteiger partial charge on any atom is -0.497 e. The number of carbonyl (C=O) groups is 2. The molecule has 20 heavy (non-hydrogen) atoms. The fourth-order valence-corrected chi connectivity index (χ4v) is 2.41. The van der Waals surface area contributed by atoms with Gasteiger partial charge >= 0.3 is 6.03 Å². The lowest BCUT2D eigenvalue weighted by Crippen LogP contribution is -2.39. The molecule has 1 unspecified atom stereocenters. The Bertz CT molecular complexity index is 655. The van der Waals surface area contributed by atoms with Crippen LogP contribution in [0.25, 0.3) is 11.0 Å². The number of primary amides is 1. The maximum Gasteiger partial charge on any atom is 0.318 e. The van der Waals surface area contributed by atoms with Crippen LogP contribution >= 0.6 is 11.8 Å². The van der Waals surface area contributed by atoms with Gasteiger partial charge in [-0.3, -0.25) is 10.1 Å². The Labute approximate surface area is 119 Å². The Morgan fingerprint density at radius 3 is 2.90 bits per heavy atom. The minimum absolute atomic E-state index is 0.458. The molecule has 0 saturated heterocycles. The molecule has 0 aliphatic heterocycles. The number of ether oxygens (including phenoxy) is 1. The fraction of sp³-hybridized carbons (Fsp3) is 0.250. The second kappa shape index (κ2) is 5.83. The molecule has 8 heteroatoms. The number of carbonyl (C=O) groups excluding carboxylic acids is 2. The van der Waals surface area contributed by atoms with E-state index in [1.165, 1.54) is 11.8 Å². The third kappa shape index (κ3) is 3.21. The first kappa shape index (κ1) is 14.2. The van der Waals surface area contributed by atoms with Crippen molar-refractivity contribution in [1.29, 1.82) is 0 Å². The van der Waals surface area contributed by atoms with E-state index in [0.717, 1.165) is 16.8 Å². The van der Waals surface area contributed by atoms with Gasteiger partial charge in [0.2, 0.25) is 5.91 Å². The number of nitrogens with two attached hydrogens (primary N) is 1. The summed E-state index contributed by atoms with van der Waals surface area (Å²) in [6.07, 6.45) is 0. The van der Waals surface area contributed by atoms with Gasteiger partial charge in [0.1, 0.15) is 5.75 Å². The summed E-state index contributed by atoms with van der Waals surface area (Å²) in [5.41, 5.74) is 6.49. The second-order valence-corrected chi connectivity index (χ2v) is 5.37. The molecule has 1 heterocycles. The van der Waals surface area contributed by atoms with E-state index in [4.69, 9.17) is 10.5 Å². The number of imidazole rings is 1. The Morgan fingerprint density at radius 1 is 1.50 bits per heavy atom. The van der Waals surface area contributed by atoms with Gasteiger partial charge in [0, 0.05) is 6.07 Å². The predicted molar refractivity (Wildman–Crippen MR) is 75.7 cm³/mol. The van der Waals surface area contributed by atoms with Crippen molar-refractivity contribution in [3.05, 3.63) is 18.2 Å². The zero-order valence-electron chi connectivity index (χ0n) is 11.0. The van der Waals surface area contributed by atoms with Gasteiger partial charge in [-0.1, -0.05) is 11.8 Å². The first-order valence-electron chi connectivity index (χ1n) is 5.80. The van der Waals surface area contributed by atoms with Crippen LogP contribution in [0.15, 0.2) is 23.4 Å². The Kier molecular flexibility index (Phi) is 4.14. The van der Waals surface area contributed by atoms with E-state index in [-0.39, 0.29) is 0 Å². The largest absolute Gasteiger partial charge is 0.497 e. The third-order valence-electron chi connectivity index (χ3n) is 2.57. The molecule has 0 aliphatic carbocycles. The normalized spacial score (nSPS) is 12.1. The maximum atomic E-state index is 11.6. The lowest BCUT2D eigenvalue weighted by Gasteiger charge is -2.07. The highest BCUT2D eigenvalue weighted by atomic mass is 32.2. The average Bonchev–Trinajstić information content (AvgIpc) is 2.78. The zero-order valence-corrected chi connectivity index (χ0v) is 11.8. The van der Waals surface area contributed by atoms with Crippen molar-refractivity contribution in [3.63, 3.8) is 0 Å². The molecule has 4 N–H and O–H groups in total. The van der Waals surface area contributed by atoms with Crippen molar-refractivity contribution < 1.29 is 14.3 Å². The van der Waals surface area contributed by atoms with Crippen molar-refractivity contribution in [2.45, 2.75) is 17.3 Å². The van der Waals surface area contributed by atoms with Gasteiger partial charge < -0.3 is 15.5 Å². The Hall–Kier alpha value is -2.22. The first-order valence-corrected chi connectivity index (χ1v) is 6.68. The van der Waals surface area contributed by atoms with E-state index >= 15 is 0 Å². The molecule has 1 aromatic carbocycles. The summed E-state index contributed by atoms with van der Waals surface area (Å²) in [5.74, 6) is 0.262. The zero-order chi connectivity index (χ0) is 14.7. The first-order chi connectivity index (χ1) is 9.49. The van der Waals surface area contributed by atoms with Crippen LogP contribution in [0.2, 0.25) is 0 Å². The molecular weight excluding hydrogens is 280 g/mol.